The number of fused-ring (bicyclic) bond motifs is 1. The van der Waals surface area contributed by atoms with Gasteiger partial charge in [-0.2, -0.15) is 5.26 Å². The number of anilines is 1. The molecule has 4 nitrogen and oxygen atoms in total. The molecule has 0 unspecified atom stereocenters. The van der Waals surface area contributed by atoms with E-state index in [4.69, 9.17) is 4.74 Å². The first-order chi connectivity index (χ1) is 12.1. The van der Waals surface area contributed by atoms with Gasteiger partial charge in [0.05, 0.1) is 12.7 Å². The van der Waals surface area contributed by atoms with Gasteiger partial charge in [-0.05, 0) is 42.9 Å². The Balaban J connectivity index is 1.78. The van der Waals surface area contributed by atoms with E-state index in [1.165, 1.54) is 22.3 Å². The van der Waals surface area contributed by atoms with E-state index in [-0.39, 0.29) is 5.91 Å². The van der Waals surface area contributed by atoms with Crippen LogP contribution in [0.2, 0.25) is 0 Å². The molecule has 0 spiro atoms. The van der Waals surface area contributed by atoms with Gasteiger partial charge >= 0.3 is 0 Å². The molecule has 0 fully saturated rings. The monoisotopic (exact) mass is 352 g/mol. The van der Waals surface area contributed by atoms with Crippen molar-refractivity contribution in [3.63, 3.8) is 0 Å². The SMILES string of the molecule is COc1ccccc1/C=C/C(=O)Nc1sc2c(c1C#N)CC[C@H](C)C2. The van der Waals surface area contributed by atoms with Gasteiger partial charge in [-0.25, -0.2) is 0 Å². The predicted molar refractivity (Wildman–Crippen MR) is 101 cm³/mol. The Morgan fingerprint density at radius 1 is 1.44 bits per heavy atom. The molecule has 1 aliphatic carbocycles. The van der Waals surface area contributed by atoms with Gasteiger partial charge in [0.25, 0.3) is 0 Å². The molecule has 2 aromatic rings. The number of ether oxygens (including phenoxy) is 1. The summed E-state index contributed by atoms with van der Waals surface area (Å²) >= 11 is 1.53. The molecule has 1 aromatic heterocycles. The van der Waals surface area contributed by atoms with Crippen LogP contribution in [-0.2, 0) is 17.6 Å². The van der Waals surface area contributed by atoms with Crippen LogP contribution in [0.4, 0.5) is 5.00 Å². The Bertz CT molecular complexity index is 861. The number of carbonyl (C=O) groups is 1. The highest BCUT2D eigenvalue weighted by atomic mass is 32.1. The van der Waals surface area contributed by atoms with Crippen LogP contribution >= 0.6 is 11.3 Å². The smallest absolute Gasteiger partial charge is 0.249 e. The van der Waals surface area contributed by atoms with E-state index in [2.05, 4.69) is 18.3 Å². The zero-order valence-electron chi connectivity index (χ0n) is 14.3. The zero-order chi connectivity index (χ0) is 17.8. The number of amides is 1. The van der Waals surface area contributed by atoms with Gasteiger partial charge in [-0.3, -0.25) is 4.79 Å². The maximum Gasteiger partial charge on any atom is 0.249 e. The van der Waals surface area contributed by atoms with Crippen molar-refractivity contribution >= 4 is 28.3 Å². The molecule has 1 aliphatic rings. The molecule has 0 radical (unpaired) electrons. The first-order valence-corrected chi connectivity index (χ1v) is 9.10. The molecule has 0 aliphatic heterocycles. The van der Waals surface area contributed by atoms with Crippen LogP contribution < -0.4 is 10.1 Å². The van der Waals surface area contributed by atoms with E-state index in [0.717, 1.165) is 30.4 Å². The lowest BCUT2D eigenvalue weighted by Crippen LogP contribution is -2.10. The summed E-state index contributed by atoms with van der Waals surface area (Å²) in [4.78, 5) is 13.5. The number of carbonyl (C=O) groups excluding carboxylic acids is 1. The first-order valence-electron chi connectivity index (χ1n) is 8.29. The van der Waals surface area contributed by atoms with Crippen LogP contribution in [0.3, 0.4) is 0 Å². The molecule has 0 saturated heterocycles. The molecule has 1 aromatic carbocycles. The Kier molecular flexibility index (Phi) is 5.20. The lowest BCUT2D eigenvalue weighted by molar-refractivity contribution is -0.111. The van der Waals surface area contributed by atoms with Gasteiger partial charge in [0.15, 0.2) is 0 Å². The van der Waals surface area contributed by atoms with Gasteiger partial charge in [0, 0.05) is 16.5 Å². The molecule has 3 rings (SSSR count). The molecule has 1 atom stereocenters. The van der Waals surface area contributed by atoms with E-state index in [9.17, 15) is 10.1 Å². The number of hydrogen-bond acceptors (Lipinski definition) is 4. The standard InChI is InChI=1S/C20H20N2O2S/c1-13-7-9-15-16(12-21)20(25-18(15)11-13)22-19(23)10-8-14-5-3-4-6-17(14)24-2/h3-6,8,10,13H,7,9,11H2,1-2H3,(H,22,23)/b10-8+/t13-/m0/s1. The van der Waals surface area contributed by atoms with Gasteiger partial charge in [-0.1, -0.05) is 25.1 Å². The van der Waals surface area contributed by atoms with Crippen molar-refractivity contribution < 1.29 is 9.53 Å². The van der Waals surface area contributed by atoms with Crippen LogP contribution in [-0.4, -0.2) is 13.0 Å². The van der Waals surface area contributed by atoms with Crippen molar-refractivity contribution in [3.8, 4) is 11.8 Å². The average Bonchev–Trinajstić information content (AvgIpc) is 2.95. The topological polar surface area (TPSA) is 62.1 Å². The third kappa shape index (κ3) is 3.75. The molecule has 1 amide bonds. The van der Waals surface area contributed by atoms with E-state index >= 15 is 0 Å². The molecule has 5 heteroatoms. The highest BCUT2D eigenvalue weighted by Gasteiger charge is 2.24. The number of nitriles is 1. The Morgan fingerprint density at radius 3 is 3.00 bits per heavy atom. The van der Waals surface area contributed by atoms with Crippen LogP contribution in [0.1, 0.15) is 34.9 Å². The maximum atomic E-state index is 12.3. The number of thiophene rings is 1. The highest BCUT2D eigenvalue weighted by Crippen LogP contribution is 2.39. The van der Waals surface area contributed by atoms with Crippen LogP contribution in [0, 0.1) is 17.2 Å². The molecule has 128 valence electrons. The third-order valence-electron chi connectivity index (χ3n) is 4.41. The maximum absolute atomic E-state index is 12.3. The van der Waals surface area contributed by atoms with Crippen LogP contribution in [0.5, 0.6) is 5.75 Å². The third-order valence-corrected chi connectivity index (χ3v) is 5.58. The van der Waals surface area contributed by atoms with Crippen molar-refractivity contribution in [2.45, 2.75) is 26.2 Å². The van der Waals surface area contributed by atoms with Crippen LogP contribution in [0.15, 0.2) is 30.3 Å². The predicted octanol–water partition coefficient (Wildman–Crippen LogP) is 4.41. The summed E-state index contributed by atoms with van der Waals surface area (Å²) in [6, 6.07) is 9.77. The molecule has 1 N–H and O–H groups in total. The number of nitrogens with zero attached hydrogens (tertiary/aromatic N) is 1. The number of para-hydroxylation sites is 1. The second kappa shape index (κ2) is 7.54. The minimum atomic E-state index is -0.242. The second-order valence-electron chi connectivity index (χ2n) is 6.23. The van der Waals surface area contributed by atoms with Crippen molar-refractivity contribution in [1.82, 2.24) is 0 Å². The highest BCUT2D eigenvalue weighted by molar-refractivity contribution is 7.16. The van der Waals surface area contributed by atoms with Gasteiger partial charge in [0.2, 0.25) is 5.91 Å². The van der Waals surface area contributed by atoms with Gasteiger partial charge in [0.1, 0.15) is 16.8 Å². The second-order valence-corrected chi connectivity index (χ2v) is 7.34. The number of benzene rings is 1. The Labute approximate surface area is 151 Å². The average molecular weight is 352 g/mol. The minimum Gasteiger partial charge on any atom is -0.496 e. The summed E-state index contributed by atoms with van der Waals surface area (Å²) in [6.07, 6.45) is 6.19. The quantitative estimate of drug-likeness (QED) is 0.829. The lowest BCUT2D eigenvalue weighted by Gasteiger charge is -2.17. The Hall–Kier alpha value is -2.58. The van der Waals surface area contributed by atoms with Crippen molar-refractivity contribution in [3.05, 3.63) is 51.9 Å². The van der Waals surface area contributed by atoms with Crippen LogP contribution in [0.25, 0.3) is 6.08 Å². The van der Waals surface area contributed by atoms with Gasteiger partial charge in [-0.15, -0.1) is 11.3 Å². The molecule has 25 heavy (non-hydrogen) atoms. The number of rotatable bonds is 4. The number of hydrogen-bond donors (Lipinski definition) is 1. The molecule has 0 bridgehead atoms. The fraction of sp³-hybridized carbons (Fsp3) is 0.300. The summed E-state index contributed by atoms with van der Waals surface area (Å²) in [5.41, 5.74) is 2.58. The largest absolute Gasteiger partial charge is 0.496 e. The molecular weight excluding hydrogens is 332 g/mol. The fourth-order valence-corrected chi connectivity index (χ4v) is 4.44. The fourth-order valence-electron chi connectivity index (χ4n) is 3.08. The van der Waals surface area contributed by atoms with Crippen molar-refractivity contribution in [2.24, 2.45) is 5.92 Å². The van der Waals surface area contributed by atoms with E-state index < -0.39 is 0 Å². The van der Waals surface area contributed by atoms with Crippen molar-refractivity contribution in [2.75, 3.05) is 12.4 Å². The minimum absolute atomic E-state index is 0.242. The Morgan fingerprint density at radius 2 is 2.24 bits per heavy atom. The summed E-state index contributed by atoms with van der Waals surface area (Å²) in [5.74, 6) is 1.10. The molecule has 0 saturated carbocycles. The van der Waals surface area contributed by atoms with E-state index in [1.807, 2.05) is 24.3 Å². The summed E-state index contributed by atoms with van der Waals surface area (Å²) < 4.78 is 5.27. The summed E-state index contributed by atoms with van der Waals surface area (Å²) in [7, 11) is 1.60. The normalized spacial score (nSPS) is 16.3. The number of methoxy groups -OCH3 is 1. The summed E-state index contributed by atoms with van der Waals surface area (Å²) in [5, 5.41) is 13.0. The first kappa shape index (κ1) is 17.2. The molecular formula is C20H20N2O2S. The van der Waals surface area contributed by atoms with Gasteiger partial charge < -0.3 is 10.1 Å². The number of nitrogens with one attached hydrogen (secondary N) is 1. The lowest BCUT2D eigenvalue weighted by atomic mass is 9.89. The van der Waals surface area contributed by atoms with E-state index in [0.29, 0.717) is 22.2 Å². The molecule has 1 heterocycles. The zero-order valence-corrected chi connectivity index (χ0v) is 15.2. The van der Waals surface area contributed by atoms with E-state index in [1.54, 1.807) is 13.2 Å². The van der Waals surface area contributed by atoms with Crippen molar-refractivity contribution in [1.29, 1.82) is 5.26 Å². The summed E-state index contributed by atoms with van der Waals surface area (Å²) in [6.45, 7) is 2.23.